The van der Waals surface area contributed by atoms with E-state index in [0.29, 0.717) is 18.8 Å². The van der Waals surface area contributed by atoms with Crippen LogP contribution in [0.15, 0.2) is 48.5 Å². The molecule has 3 aliphatic carbocycles. The summed E-state index contributed by atoms with van der Waals surface area (Å²) in [4.78, 5) is 12.8. The summed E-state index contributed by atoms with van der Waals surface area (Å²) < 4.78 is 71.7. The van der Waals surface area contributed by atoms with E-state index in [4.69, 9.17) is 9.47 Å². The molecule has 1 saturated carbocycles. The first-order chi connectivity index (χ1) is 16.7. The van der Waals surface area contributed by atoms with Gasteiger partial charge in [-0.25, -0.2) is 17.6 Å². The van der Waals surface area contributed by atoms with E-state index in [2.05, 4.69) is 6.58 Å². The van der Waals surface area contributed by atoms with Crippen molar-refractivity contribution >= 4 is 5.97 Å². The molecule has 0 amide bonds. The van der Waals surface area contributed by atoms with Crippen LogP contribution < -0.4 is 4.74 Å². The highest BCUT2D eigenvalue weighted by Gasteiger charge is 2.55. The molecule has 35 heavy (non-hydrogen) atoms. The molecule has 7 heteroatoms. The van der Waals surface area contributed by atoms with Crippen LogP contribution in [0.5, 0.6) is 5.75 Å². The highest BCUT2D eigenvalue weighted by atomic mass is 19.2. The van der Waals surface area contributed by atoms with Crippen LogP contribution in [0.4, 0.5) is 17.6 Å². The SMILES string of the molecule is C=CCCC1CCC(C(=O)OC2=C(F)C3C(F)C(F)c4c(ccc(OCC)c4F)C3(C)C=C2)CC1. The van der Waals surface area contributed by atoms with Gasteiger partial charge in [0, 0.05) is 11.0 Å². The third-order valence-corrected chi connectivity index (χ3v) is 7.80. The Morgan fingerprint density at radius 2 is 1.91 bits per heavy atom. The van der Waals surface area contributed by atoms with Crippen molar-refractivity contribution in [3.05, 3.63) is 65.5 Å². The highest BCUT2D eigenvalue weighted by Crippen LogP contribution is 2.56. The van der Waals surface area contributed by atoms with Gasteiger partial charge in [0.15, 0.2) is 23.5 Å². The number of carbonyl (C=O) groups is 1. The molecule has 1 aromatic rings. The molecular weight excluding hydrogens is 460 g/mol. The minimum Gasteiger partial charge on any atom is -0.491 e. The number of benzene rings is 1. The van der Waals surface area contributed by atoms with Crippen molar-refractivity contribution in [3.8, 4) is 5.75 Å². The Bertz CT molecular complexity index is 1040. The number of halogens is 4. The third kappa shape index (κ3) is 4.54. The molecule has 1 aromatic carbocycles. The van der Waals surface area contributed by atoms with Crippen LogP contribution in [0.1, 0.15) is 69.7 Å². The first-order valence-electron chi connectivity index (χ1n) is 12.4. The molecule has 0 N–H and O–H groups in total. The number of fused-ring (bicyclic) bond motifs is 3. The van der Waals surface area contributed by atoms with Gasteiger partial charge >= 0.3 is 5.97 Å². The van der Waals surface area contributed by atoms with Gasteiger partial charge in [0.05, 0.1) is 18.4 Å². The number of alkyl halides is 2. The molecule has 4 unspecified atom stereocenters. The maximum absolute atomic E-state index is 15.6. The van der Waals surface area contributed by atoms with Crippen LogP contribution in [0.2, 0.25) is 0 Å². The number of carbonyl (C=O) groups excluding carboxylic acids is 1. The average molecular weight is 493 g/mol. The predicted octanol–water partition coefficient (Wildman–Crippen LogP) is 7.53. The van der Waals surface area contributed by atoms with Crippen LogP contribution in [-0.4, -0.2) is 18.7 Å². The summed E-state index contributed by atoms with van der Waals surface area (Å²) in [5.74, 6) is -4.53. The van der Waals surface area contributed by atoms with E-state index in [1.165, 1.54) is 31.2 Å². The lowest BCUT2D eigenvalue weighted by Gasteiger charge is -2.45. The number of hydrogen-bond acceptors (Lipinski definition) is 3. The lowest BCUT2D eigenvalue weighted by atomic mass is 9.60. The molecule has 4 rings (SSSR count). The summed E-state index contributed by atoms with van der Waals surface area (Å²) in [6, 6.07) is 2.80. The number of hydrogen-bond donors (Lipinski definition) is 0. The fraction of sp³-hybridized carbons (Fsp3) is 0.536. The van der Waals surface area contributed by atoms with Crippen LogP contribution in [-0.2, 0) is 14.9 Å². The highest BCUT2D eigenvalue weighted by molar-refractivity contribution is 5.74. The third-order valence-electron chi connectivity index (χ3n) is 7.80. The Morgan fingerprint density at radius 1 is 1.20 bits per heavy atom. The van der Waals surface area contributed by atoms with Crippen molar-refractivity contribution in [2.24, 2.45) is 17.8 Å². The summed E-state index contributed by atoms with van der Waals surface area (Å²) in [6.45, 7) is 7.09. The van der Waals surface area contributed by atoms with Crippen molar-refractivity contribution in [1.29, 1.82) is 0 Å². The number of allylic oxidation sites excluding steroid dienone is 4. The molecule has 0 radical (unpaired) electrons. The van der Waals surface area contributed by atoms with E-state index in [0.717, 1.165) is 25.7 Å². The number of ether oxygens (including phenoxy) is 2. The van der Waals surface area contributed by atoms with E-state index >= 15 is 17.6 Å². The predicted molar refractivity (Wildman–Crippen MR) is 125 cm³/mol. The molecule has 0 aliphatic heterocycles. The van der Waals surface area contributed by atoms with E-state index in [-0.39, 0.29) is 23.8 Å². The Kier molecular flexibility index (Phi) is 7.43. The zero-order valence-electron chi connectivity index (χ0n) is 20.2. The van der Waals surface area contributed by atoms with E-state index in [9.17, 15) is 4.79 Å². The second kappa shape index (κ2) is 10.2. The summed E-state index contributed by atoms with van der Waals surface area (Å²) in [6.07, 6.45) is 4.92. The molecule has 0 saturated heterocycles. The van der Waals surface area contributed by atoms with Gasteiger partial charge < -0.3 is 9.47 Å². The monoisotopic (exact) mass is 492 g/mol. The van der Waals surface area contributed by atoms with Gasteiger partial charge in [-0.05, 0) is 69.1 Å². The molecule has 0 aromatic heterocycles. The number of rotatable bonds is 7. The quantitative estimate of drug-likeness (QED) is 0.224. The van der Waals surface area contributed by atoms with Crippen molar-refractivity contribution in [2.75, 3.05) is 6.61 Å². The second-order valence-corrected chi connectivity index (χ2v) is 9.93. The Morgan fingerprint density at radius 3 is 2.57 bits per heavy atom. The normalized spacial score (nSPS) is 32.0. The van der Waals surface area contributed by atoms with Gasteiger partial charge in [0.2, 0.25) is 0 Å². The van der Waals surface area contributed by atoms with Crippen molar-refractivity contribution in [2.45, 2.75) is 70.1 Å². The molecule has 0 spiro atoms. The minimum atomic E-state index is -2.39. The number of esters is 1. The molecule has 4 atom stereocenters. The van der Waals surface area contributed by atoms with Crippen molar-refractivity contribution in [1.82, 2.24) is 0 Å². The fourth-order valence-electron chi connectivity index (χ4n) is 5.80. The van der Waals surface area contributed by atoms with Gasteiger partial charge in [0.1, 0.15) is 12.0 Å². The second-order valence-electron chi connectivity index (χ2n) is 9.93. The van der Waals surface area contributed by atoms with Crippen LogP contribution in [0.3, 0.4) is 0 Å². The average Bonchev–Trinajstić information content (AvgIpc) is 2.84. The van der Waals surface area contributed by atoms with Gasteiger partial charge in [-0.15, -0.1) is 6.58 Å². The van der Waals surface area contributed by atoms with Crippen LogP contribution >= 0.6 is 0 Å². The standard InChI is InChI=1S/C28H32F4O3/c1-4-6-7-16-8-10-17(11-9-16)27(33)35-20-14-15-28(3)18-12-13-19(34-5-2)23(29)21(18)25(31)26(32)22(28)24(20)30/h4,12-17,22,25-26H,1,5-11H2,2-3H3. The maximum Gasteiger partial charge on any atom is 0.314 e. The van der Waals surface area contributed by atoms with Gasteiger partial charge in [0.25, 0.3) is 0 Å². The lowest BCUT2D eigenvalue weighted by molar-refractivity contribution is -0.145. The molecule has 3 nitrogen and oxygen atoms in total. The molecule has 0 heterocycles. The fourth-order valence-corrected chi connectivity index (χ4v) is 5.80. The Labute approximate surface area is 203 Å². The van der Waals surface area contributed by atoms with E-state index in [1.807, 2.05) is 6.08 Å². The summed E-state index contributed by atoms with van der Waals surface area (Å²) >= 11 is 0. The molecule has 0 bridgehead atoms. The van der Waals surface area contributed by atoms with Crippen molar-refractivity contribution in [3.63, 3.8) is 0 Å². The summed E-state index contributed by atoms with van der Waals surface area (Å²) in [5.41, 5.74) is -1.65. The van der Waals surface area contributed by atoms with Gasteiger partial charge in [-0.2, -0.15) is 0 Å². The smallest absolute Gasteiger partial charge is 0.314 e. The lowest BCUT2D eigenvalue weighted by Crippen LogP contribution is -2.46. The topological polar surface area (TPSA) is 35.5 Å². The zero-order chi connectivity index (χ0) is 25.3. The zero-order valence-corrected chi connectivity index (χ0v) is 20.2. The maximum atomic E-state index is 15.6. The molecule has 190 valence electrons. The van der Waals surface area contributed by atoms with Gasteiger partial charge in [-0.3, -0.25) is 4.79 Å². The minimum absolute atomic E-state index is 0.152. The van der Waals surface area contributed by atoms with Crippen molar-refractivity contribution < 1.29 is 31.8 Å². The summed E-state index contributed by atoms with van der Waals surface area (Å²) in [5, 5.41) is 0. The van der Waals surface area contributed by atoms with E-state index < -0.39 is 52.6 Å². The molecule has 3 aliphatic rings. The summed E-state index contributed by atoms with van der Waals surface area (Å²) in [7, 11) is 0. The van der Waals surface area contributed by atoms with Gasteiger partial charge in [-0.1, -0.05) is 25.1 Å². The van der Waals surface area contributed by atoms with Crippen LogP contribution in [0, 0.1) is 23.6 Å². The molecule has 1 fully saturated rings. The largest absolute Gasteiger partial charge is 0.491 e. The first-order valence-corrected chi connectivity index (χ1v) is 12.4. The Hall–Kier alpha value is -2.57. The van der Waals surface area contributed by atoms with Crippen LogP contribution in [0.25, 0.3) is 0 Å². The first kappa shape index (κ1) is 25.5. The molecular formula is C28H32F4O3. The Balaban J connectivity index is 1.56. The van der Waals surface area contributed by atoms with E-state index in [1.54, 1.807) is 6.92 Å².